The molecule has 1 amide bonds. The third-order valence-corrected chi connectivity index (χ3v) is 5.54. The number of hydrogen-bond donors (Lipinski definition) is 4. The van der Waals surface area contributed by atoms with E-state index in [9.17, 15) is 9.90 Å². The quantitative estimate of drug-likeness (QED) is 0.218. The average molecular weight is 509 g/mol. The van der Waals surface area contributed by atoms with E-state index in [1.165, 1.54) is 7.11 Å². The molecule has 150 valence electrons. The van der Waals surface area contributed by atoms with Gasteiger partial charge in [-0.3, -0.25) is 9.79 Å². The summed E-state index contributed by atoms with van der Waals surface area (Å²) in [6, 6.07) is 0. The Balaban J connectivity index is 1.82. The van der Waals surface area contributed by atoms with Gasteiger partial charge >= 0.3 is 0 Å². The smallest absolute Gasteiger partial charge is 0.269 e. The summed E-state index contributed by atoms with van der Waals surface area (Å²) < 4.78 is 6.27. The molecule has 0 aromatic heterocycles. The van der Waals surface area contributed by atoms with Crippen molar-refractivity contribution in [2.75, 3.05) is 20.2 Å². The number of allylic oxidation sites excluding steroid dienone is 1. The van der Waals surface area contributed by atoms with Crippen molar-refractivity contribution in [2.45, 2.75) is 37.4 Å². The summed E-state index contributed by atoms with van der Waals surface area (Å²) in [6.07, 6.45) is 3.29. The first kappa shape index (κ1) is 21.7. The number of methoxy groups -OCH3 is 1. The highest BCUT2D eigenvalue weighted by Crippen LogP contribution is 2.43. The minimum atomic E-state index is -1.15. The van der Waals surface area contributed by atoms with Gasteiger partial charge in [0.25, 0.3) is 5.91 Å². The average Bonchev–Trinajstić information content (AvgIpc) is 3.04. The third-order valence-electron chi connectivity index (χ3n) is 4.16. The molecule has 1 aliphatic heterocycles. The van der Waals surface area contributed by atoms with Gasteiger partial charge in [-0.1, -0.05) is 5.16 Å². The topological polar surface area (TPSA) is 145 Å². The van der Waals surface area contributed by atoms with Crippen molar-refractivity contribution in [3.05, 3.63) is 20.8 Å². The molecule has 0 bridgehead atoms. The van der Waals surface area contributed by atoms with Crippen LogP contribution < -0.4 is 16.8 Å². The first-order chi connectivity index (χ1) is 12.8. The lowest BCUT2D eigenvalue weighted by Crippen LogP contribution is -2.45. The Labute approximate surface area is 174 Å². The number of oxime groups is 1. The number of rotatable bonds is 8. The Bertz CT molecular complexity index is 703. The summed E-state index contributed by atoms with van der Waals surface area (Å²) in [5.74, 6) is 0.238. The van der Waals surface area contributed by atoms with Crippen molar-refractivity contribution >= 4 is 49.4 Å². The molecule has 1 spiro atoms. The first-order valence-electron chi connectivity index (χ1n) is 8.40. The summed E-state index contributed by atoms with van der Waals surface area (Å²) >= 11 is 6.71. The molecule has 2 aliphatic rings. The number of aliphatic hydroxyl groups is 1. The molecule has 0 aromatic carbocycles. The summed E-state index contributed by atoms with van der Waals surface area (Å²) in [5.41, 5.74) is 9.59. The molecule has 0 fully saturated rings. The van der Waals surface area contributed by atoms with Crippen LogP contribution in [0.3, 0.4) is 0 Å². The Kier molecular flexibility index (Phi) is 7.68. The van der Waals surface area contributed by atoms with E-state index in [2.05, 4.69) is 47.3 Å². The summed E-state index contributed by atoms with van der Waals surface area (Å²) in [5, 5.41) is 17.3. The number of aliphatic imine (C=N–C) groups is 1. The van der Waals surface area contributed by atoms with E-state index in [4.69, 9.17) is 21.0 Å². The maximum absolute atomic E-state index is 12.3. The largest absolute Gasteiger partial charge is 0.495 e. The molecule has 27 heavy (non-hydrogen) atoms. The number of unbranched alkanes of at least 4 members (excludes halogenated alkanes) is 2. The predicted octanol–water partition coefficient (Wildman–Crippen LogP) is 0.968. The van der Waals surface area contributed by atoms with Gasteiger partial charge in [-0.05, 0) is 57.2 Å². The highest BCUT2D eigenvalue weighted by Gasteiger charge is 2.50. The standard InChI is InChI=1S/C16H23Br2N5O4/c1-26-12-9(17)7-16(13(24)11(12)18)8-10(23-27-16)14(25)21-5-3-2-4-6-22-15(19)20/h7,13,24H,2-6,8H2,1H3,(H,21,25)(H4,19,20,22)/t13?,16-/m1/s1. The van der Waals surface area contributed by atoms with E-state index >= 15 is 0 Å². The van der Waals surface area contributed by atoms with Gasteiger partial charge in [0.2, 0.25) is 0 Å². The van der Waals surface area contributed by atoms with Crippen molar-refractivity contribution in [1.82, 2.24) is 5.32 Å². The van der Waals surface area contributed by atoms with E-state index in [0.29, 0.717) is 27.8 Å². The Morgan fingerprint density at radius 3 is 2.89 bits per heavy atom. The van der Waals surface area contributed by atoms with Gasteiger partial charge in [0.15, 0.2) is 11.6 Å². The van der Waals surface area contributed by atoms with E-state index in [1.54, 1.807) is 6.08 Å². The minimum Gasteiger partial charge on any atom is -0.495 e. The van der Waals surface area contributed by atoms with Crippen LogP contribution >= 0.6 is 31.9 Å². The number of carbonyl (C=O) groups is 1. The Hall–Kier alpha value is -1.59. The highest BCUT2D eigenvalue weighted by molar-refractivity contribution is 9.12. The zero-order valence-corrected chi connectivity index (χ0v) is 18.0. The number of amides is 1. The van der Waals surface area contributed by atoms with Crippen LogP contribution in [0.5, 0.6) is 0 Å². The lowest BCUT2D eigenvalue weighted by Gasteiger charge is -2.33. The number of ether oxygens (including phenoxy) is 1. The molecule has 2 atom stereocenters. The second-order valence-corrected chi connectivity index (χ2v) is 7.87. The number of nitrogens with zero attached hydrogens (tertiary/aromatic N) is 2. The van der Waals surface area contributed by atoms with Crippen LogP contribution in [0.15, 0.2) is 30.9 Å². The zero-order valence-electron chi connectivity index (χ0n) is 14.9. The molecular formula is C16H23Br2N5O4. The number of guanidine groups is 1. The summed E-state index contributed by atoms with van der Waals surface area (Å²) in [6.45, 7) is 1.08. The van der Waals surface area contributed by atoms with Gasteiger partial charge in [0, 0.05) is 19.5 Å². The Morgan fingerprint density at radius 2 is 2.22 bits per heavy atom. The van der Waals surface area contributed by atoms with Crippen LogP contribution in [0.4, 0.5) is 0 Å². The lowest BCUT2D eigenvalue weighted by atomic mass is 9.87. The maximum Gasteiger partial charge on any atom is 0.269 e. The van der Waals surface area contributed by atoms with Gasteiger partial charge in [0.05, 0.1) is 16.1 Å². The van der Waals surface area contributed by atoms with E-state index < -0.39 is 11.7 Å². The van der Waals surface area contributed by atoms with Crippen LogP contribution in [0.1, 0.15) is 25.7 Å². The molecule has 9 nitrogen and oxygen atoms in total. The molecule has 1 unspecified atom stereocenters. The van der Waals surface area contributed by atoms with Crippen LogP contribution in [0.25, 0.3) is 0 Å². The van der Waals surface area contributed by atoms with Crippen molar-refractivity contribution < 1.29 is 19.5 Å². The van der Waals surface area contributed by atoms with Crippen molar-refractivity contribution in [2.24, 2.45) is 21.6 Å². The number of nitrogens with two attached hydrogens (primary N) is 2. The van der Waals surface area contributed by atoms with E-state index in [-0.39, 0.29) is 24.0 Å². The molecule has 11 heteroatoms. The van der Waals surface area contributed by atoms with Crippen LogP contribution in [-0.2, 0) is 14.4 Å². The fourth-order valence-corrected chi connectivity index (χ4v) is 4.54. The monoisotopic (exact) mass is 507 g/mol. The molecule has 0 aromatic rings. The fraction of sp³-hybridized carbons (Fsp3) is 0.562. The maximum atomic E-state index is 12.3. The van der Waals surface area contributed by atoms with Gasteiger partial charge in [-0.2, -0.15) is 0 Å². The zero-order chi connectivity index (χ0) is 20.0. The molecule has 0 saturated carbocycles. The van der Waals surface area contributed by atoms with Crippen molar-refractivity contribution in [3.8, 4) is 0 Å². The number of nitrogens with one attached hydrogen (secondary N) is 1. The van der Waals surface area contributed by atoms with Crippen molar-refractivity contribution in [1.29, 1.82) is 0 Å². The van der Waals surface area contributed by atoms with Gasteiger partial charge in [0.1, 0.15) is 17.6 Å². The number of halogens is 2. The summed E-state index contributed by atoms with van der Waals surface area (Å²) in [7, 11) is 1.50. The second-order valence-electron chi connectivity index (χ2n) is 6.16. The fourth-order valence-electron chi connectivity index (χ4n) is 2.74. The van der Waals surface area contributed by atoms with E-state index in [1.807, 2.05) is 0 Å². The molecule has 1 heterocycles. The SMILES string of the molecule is COC1=C(Br)C(O)[C@@]2(C=C1Br)CC(C(=O)NCCCCCN=C(N)N)=NO2. The molecule has 0 radical (unpaired) electrons. The molecule has 6 N–H and O–H groups in total. The van der Waals surface area contributed by atoms with Crippen molar-refractivity contribution in [3.63, 3.8) is 0 Å². The second kappa shape index (κ2) is 9.56. The number of hydrogen-bond acceptors (Lipinski definition) is 6. The molecule has 2 rings (SSSR count). The van der Waals surface area contributed by atoms with Crippen LogP contribution in [0, 0.1) is 0 Å². The lowest BCUT2D eigenvalue weighted by molar-refractivity contribution is -0.114. The normalized spacial score (nSPS) is 24.2. The summed E-state index contributed by atoms with van der Waals surface area (Å²) in [4.78, 5) is 21.7. The molecule has 0 saturated heterocycles. The Morgan fingerprint density at radius 1 is 1.48 bits per heavy atom. The van der Waals surface area contributed by atoms with E-state index in [0.717, 1.165) is 19.3 Å². The predicted molar refractivity (Wildman–Crippen MR) is 109 cm³/mol. The van der Waals surface area contributed by atoms with Crippen LogP contribution in [-0.4, -0.2) is 54.6 Å². The van der Waals surface area contributed by atoms with Gasteiger partial charge < -0.3 is 31.5 Å². The number of carbonyl (C=O) groups excluding carboxylic acids is 1. The number of aliphatic hydroxyl groups excluding tert-OH is 1. The molecular weight excluding hydrogens is 486 g/mol. The highest BCUT2D eigenvalue weighted by atomic mass is 79.9. The third kappa shape index (κ3) is 5.23. The van der Waals surface area contributed by atoms with Gasteiger partial charge in [-0.25, -0.2) is 0 Å². The van der Waals surface area contributed by atoms with Crippen LogP contribution in [0.2, 0.25) is 0 Å². The first-order valence-corrected chi connectivity index (χ1v) is 9.98. The minimum absolute atomic E-state index is 0.0844. The molecule has 1 aliphatic carbocycles. The van der Waals surface area contributed by atoms with Gasteiger partial charge in [-0.15, -0.1) is 0 Å².